The van der Waals surface area contributed by atoms with Crippen LogP contribution in [0, 0.1) is 5.92 Å². The minimum atomic E-state index is -0.437. The Balaban J connectivity index is 1.35. The van der Waals surface area contributed by atoms with Gasteiger partial charge in [-0.1, -0.05) is 38.3 Å². The number of anilines is 2. The SMILES string of the molecule is CCCCCCOC1CCC(C(=O)Oc2ccc(C=CC(=O)OCCc3cc(N)cc(N)c3)cc2)CC1. The summed E-state index contributed by atoms with van der Waals surface area (Å²) in [5, 5.41) is 0. The molecule has 0 radical (unpaired) electrons. The van der Waals surface area contributed by atoms with Crippen molar-refractivity contribution in [3.05, 3.63) is 59.7 Å². The van der Waals surface area contributed by atoms with Gasteiger partial charge in [0.25, 0.3) is 0 Å². The quantitative estimate of drug-likeness (QED) is 0.117. The number of ether oxygens (including phenoxy) is 3. The van der Waals surface area contributed by atoms with Gasteiger partial charge in [-0.15, -0.1) is 0 Å². The van der Waals surface area contributed by atoms with Gasteiger partial charge in [-0.3, -0.25) is 4.79 Å². The summed E-state index contributed by atoms with van der Waals surface area (Å²) < 4.78 is 16.8. The Morgan fingerprint density at radius 2 is 1.62 bits per heavy atom. The van der Waals surface area contributed by atoms with Crippen LogP contribution in [-0.4, -0.2) is 31.3 Å². The number of hydrogen-bond donors (Lipinski definition) is 2. The summed E-state index contributed by atoms with van der Waals surface area (Å²) in [6.07, 6.45) is 12.1. The van der Waals surface area contributed by atoms with Crippen molar-refractivity contribution < 1.29 is 23.8 Å². The number of nitrogen functional groups attached to an aromatic ring is 2. The second kappa shape index (κ2) is 15.1. The van der Waals surface area contributed by atoms with Gasteiger partial charge in [-0.05, 0) is 79.6 Å². The molecule has 37 heavy (non-hydrogen) atoms. The Morgan fingerprint density at radius 1 is 0.919 bits per heavy atom. The van der Waals surface area contributed by atoms with Crippen LogP contribution in [0.4, 0.5) is 11.4 Å². The molecule has 1 fully saturated rings. The van der Waals surface area contributed by atoms with Gasteiger partial charge in [0.15, 0.2) is 0 Å². The molecule has 2 aromatic carbocycles. The molecular weight excluding hydrogens is 468 g/mol. The first-order valence-corrected chi connectivity index (χ1v) is 13.4. The summed E-state index contributed by atoms with van der Waals surface area (Å²) in [5.41, 5.74) is 14.4. The Hall–Kier alpha value is -3.32. The van der Waals surface area contributed by atoms with Crippen molar-refractivity contribution in [1.82, 2.24) is 0 Å². The highest BCUT2D eigenvalue weighted by molar-refractivity contribution is 5.87. The summed E-state index contributed by atoms with van der Waals surface area (Å²) in [7, 11) is 0. The van der Waals surface area contributed by atoms with E-state index in [-0.39, 0.29) is 24.6 Å². The highest BCUT2D eigenvalue weighted by atomic mass is 16.5. The molecule has 0 amide bonds. The molecule has 0 saturated heterocycles. The number of hydrogen-bond acceptors (Lipinski definition) is 7. The van der Waals surface area contributed by atoms with E-state index in [1.165, 1.54) is 25.3 Å². The summed E-state index contributed by atoms with van der Waals surface area (Å²) in [5.74, 6) is -0.207. The molecule has 0 bridgehead atoms. The Morgan fingerprint density at radius 3 is 2.30 bits per heavy atom. The van der Waals surface area contributed by atoms with Crippen molar-refractivity contribution >= 4 is 29.4 Å². The maximum Gasteiger partial charge on any atom is 0.330 e. The zero-order chi connectivity index (χ0) is 26.5. The monoisotopic (exact) mass is 508 g/mol. The molecule has 7 nitrogen and oxygen atoms in total. The van der Waals surface area contributed by atoms with E-state index in [0.717, 1.165) is 49.8 Å². The second-order valence-electron chi connectivity index (χ2n) is 9.65. The third-order valence-corrected chi connectivity index (χ3v) is 6.54. The third-order valence-electron chi connectivity index (χ3n) is 6.54. The number of carbonyl (C=O) groups is 2. The van der Waals surface area contributed by atoms with E-state index >= 15 is 0 Å². The van der Waals surface area contributed by atoms with Crippen LogP contribution in [0.25, 0.3) is 6.08 Å². The van der Waals surface area contributed by atoms with E-state index in [4.69, 9.17) is 25.7 Å². The average Bonchev–Trinajstić information content (AvgIpc) is 2.88. The maximum absolute atomic E-state index is 12.6. The normalized spacial score (nSPS) is 17.5. The van der Waals surface area contributed by atoms with E-state index < -0.39 is 5.97 Å². The first kappa shape index (κ1) is 28.3. The fourth-order valence-electron chi connectivity index (χ4n) is 4.46. The van der Waals surface area contributed by atoms with Gasteiger partial charge in [0.05, 0.1) is 18.6 Å². The lowest BCUT2D eigenvalue weighted by Crippen LogP contribution is -2.29. The molecule has 0 aliphatic heterocycles. The van der Waals surface area contributed by atoms with Crippen molar-refractivity contribution in [2.75, 3.05) is 24.7 Å². The number of benzene rings is 2. The maximum atomic E-state index is 12.6. The number of carbonyl (C=O) groups excluding carboxylic acids is 2. The molecule has 4 N–H and O–H groups in total. The number of nitrogens with two attached hydrogens (primary N) is 2. The van der Waals surface area contributed by atoms with Gasteiger partial charge in [0, 0.05) is 30.5 Å². The fourth-order valence-corrected chi connectivity index (χ4v) is 4.46. The number of rotatable bonds is 13. The Labute approximate surface area is 220 Å². The minimum absolute atomic E-state index is 0.0851. The largest absolute Gasteiger partial charge is 0.462 e. The summed E-state index contributed by atoms with van der Waals surface area (Å²) in [6.45, 7) is 3.25. The van der Waals surface area contributed by atoms with Crippen LogP contribution < -0.4 is 16.2 Å². The second-order valence-corrected chi connectivity index (χ2v) is 9.65. The van der Waals surface area contributed by atoms with Crippen LogP contribution >= 0.6 is 0 Å². The van der Waals surface area contributed by atoms with Gasteiger partial charge in [-0.25, -0.2) is 4.79 Å². The molecule has 3 rings (SSSR count). The average molecular weight is 509 g/mol. The smallest absolute Gasteiger partial charge is 0.330 e. The molecule has 1 aliphatic rings. The summed E-state index contributed by atoms with van der Waals surface area (Å²) >= 11 is 0. The van der Waals surface area contributed by atoms with E-state index in [2.05, 4.69) is 6.92 Å². The third kappa shape index (κ3) is 10.3. The highest BCUT2D eigenvalue weighted by Gasteiger charge is 2.28. The van der Waals surface area contributed by atoms with Crippen LogP contribution in [-0.2, 0) is 25.5 Å². The first-order chi connectivity index (χ1) is 17.9. The molecule has 0 heterocycles. The predicted molar refractivity (Wildman–Crippen MR) is 147 cm³/mol. The van der Waals surface area contributed by atoms with E-state index in [9.17, 15) is 9.59 Å². The molecule has 2 aromatic rings. The van der Waals surface area contributed by atoms with Crippen LogP contribution in [0.3, 0.4) is 0 Å². The molecular formula is C30H40N2O5. The minimum Gasteiger partial charge on any atom is -0.462 e. The molecule has 0 spiro atoms. The molecule has 1 saturated carbocycles. The van der Waals surface area contributed by atoms with E-state index in [1.807, 2.05) is 12.1 Å². The summed E-state index contributed by atoms with van der Waals surface area (Å²) in [6, 6.07) is 12.4. The zero-order valence-corrected chi connectivity index (χ0v) is 21.8. The van der Waals surface area contributed by atoms with Crippen LogP contribution in [0.15, 0.2) is 48.5 Å². The molecule has 0 atom stereocenters. The standard InChI is InChI=1S/C30H40N2O5/c1-2-3-4-5-17-35-27-13-9-24(10-14-27)30(34)37-28-11-6-22(7-12-28)8-15-29(33)36-18-16-23-19-25(31)21-26(32)20-23/h6-8,11-12,15,19-21,24,27H,2-5,9-10,13-14,16-18,31-32H2,1H3. The van der Waals surface area contributed by atoms with E-state index in [1.54, 1.807) is 36.4 Å². The molecule has 0 aromatic heterocycles. The topological polar surface area (TPSA) is 114 Å². The van der Waals surface area contributed by atoms with Crippen LogP contribution in [0.1, 0.15) is 69.4 Å². The Bertz CT molecular complexity index is 1010. The first-order valence-electron chi connectivity index (χ1n) is 13.4. The fraction of sp³-hybridized carbons (Fsp3) is 0.467. The molecule has 1 aliphatic carbocycles. The van der Waals surface area contributed by atoms with Crippen molar-refractivity contribution in [3.63, 3.8) is 0 Å². The van der Waals surface area contributed by atoms with Gasteiger partial charge < -0.3 is 25.7 Å². The van der Waals surface area contributed by atoms with Crippen LogP contribution in [0.2, 0.25) is 0 Å². The van der Waals surface area contributed by atoms with Crippen molar-refractivity contribution in [2.45, 2.75) is 70.8 Å². The highest BCUT2D eigenvalue weighted by Crippen LogP contribution is 2.28. The zero-order valence-electron chi connectivity index (χ0n) is 21.8. The van der Waals surface area contributed by atoms with Gasteiger partial charge in [0.1, 0.15) is 5.75 Å². The van der Waals surface area contributed by atoms with E-state index in [0.29, 0.717) is 23.5 Å². The van der Waals surface area contributed by atoms with Gasteiger partial charge >= 0.3 is 11.9 Å². The lowest BCUT2D eigenvalue weighted by Gasteiger charge is -2.27. The molecule has 200 valence electrons. The molecule has 7 heteroatoms. The van der Waals surface area contributed by atoms with Crippen molar-refractivity contribution in [2.24, 2.45) is 5.92 Å². The lowest BCUT2D eigenvalue weighted by molar-refractivity contribution is -0.141. The van der Waals surface area contributed by atoms with Gasteiger partial charge in [-0.2, -0.15) is 0 Å². The van der Waals surface area contributed by atoms with Crippen molar-refractivity contribution in [1.29, 1.82) is 0 Å². The van der Waals surface area contributed by atoms with Crippen LogP contribution in [0.5, 0.6) is 5.75 Å². The Kier molecular flexibility index (Phi) is 11.5. The number of unbranched alkanes of at least 4 members (excludes halogenated alkanes) is 3. The van der Waals surface area contributed by atoms with Crippen molar-refractivity contribution in [3.8, 4) is 5.75 Å². The van der Waals surface area contributed by atoms with Gasteiger partial charge in [0.2, 0.25) is 0 Å². The lowest BCUT2D eigenvalue weighted by atomic mass is 9.87. The summed E-state index contributed by atoms with van der Waals surface area (Å²) in [4.78, 5) is 24.6. The number of esters is 2. The predicted octanol–water partition coefficient (Wildman–Crippen LogP) is 5.71. The molecule has 0 unspecified atom stereocenters.